The molecule has 1 aliphatic heterocycles. The molecule has 1 unspecified atom stereocenters. The van der Waals surface area contributed by atoms with Crippen molar-refractivity contribution in [3.8, 4) is 0 Å². The fraction of sp³-hybridized carbons (Fsp3) is 0.438. The monoisotopic (exact) mass is 257 g/mol. The number of rotatable bonds is 2. The second-order valence-corrected chi connectivity index (χ2v) is 5.19. The number of carbonyl (C=O) groups excluding carboxylic acids is 1. The van der Waals surface area contributed by atoms with Crippen LogP contribution in [0.4, 0.5) is 0 Å². The molecule has 1 saturated heterocycles. The van der Waals surface area contributed by atoms with E-state index in [1.807, 2.05) is 23.1 Å². The first-order chi connectivity index (χ1) is 9.34. The first-order valence-electron chi connectivity index (χ1n) is 6.95. The topological polar surface area (TPSA) is 29.5 Å². The van der Waals surface area contributed by atoms with Crippen LogP contribution in [0.1, 0.15) is 24.5 Å². The summed E-state index contributed by atoms with van der Waals surface area (Å²) in [5, 5.41) is 0. The van der Waals surface area contributed by atoms with E-state index in [4.69, 9.17) is 4.74 Å². The zero-order chi connectivity index (χ0) is 13.1. The van der Waals surface area contributed by atoms with Gasteiger partial charge in [0, 0.05) is 12.5 Å². The van der Waals surface area contributed by atoms with Crippen LogP contribution >= 0.6 is 0 Å². The van der Waals surface area contributed by atoms with Gasteiger partial charge >= 0.3 is 0 Å². The molecule has 0 saturated carbocycles. The van der Waals surface area contributed by atoms with E-state index in [-0.39, 0.29) is 17.9 Å². The predicted molar refractivity (Wildman–Crippen MR) is 73.6 cm³/mol. The summed E-state index contributed by atoms with van der Waals surface area (Å²) in [7, 11) is 0. The van der Waals surface area contributed by atoms with Crippen molar-refractivity contribution in [2.45, 2.75) is 18.9 Å². The average molecular weight is 257 g/mol. The molecule has 19 heavy (non-hydrogen) atoms. The van der Waals surface area contributed by atoms with E-state index in [0.717, 1.165) is 24.9 Å². The highest BCUT2D eigenvalue weighted by atomic mass is 16.5. The Morgan fingerprint density at radius 1 is 1.16 bits per heavy atom. The Labute approximate surface area is 113 Å². The van der Waals surface area contributed by atoms with E-state index in [0.29, 0.717) is 13.2 Å². The molecule has 0 bridgehead atoms. The lowest BCUT2D eigenvalue weighted by Gasteiger charge is -2.34. The lowest BCUT2D eigenvalue weighted by molar-refractivity contribution is -0.143. The Kier molecular flexibility index (Phi) is 3.65. The molecule has 3 heteroatoms. The largest absolute Gasteiger partial charge is 0.370 e. The van der Waals surface area contributed by atoms with Crippen molar-refractivity contribution in [3.05, 3.63) is 48.0 Å². The van der Waals surface area contributed by atoms with Gasteiger partial charge in [-0.15, -0.1) is 0 Å². The quantitative estimate of drug-likeness (QED) is 0.762. The molecule has 1 aromatic rings. The summed E-state index contributed by atoms with van der Waals surface area (Å²) in [6.45, 7) is 2.03. The smallest absolute Gasteiger partial charge is 0.226 e. The molecule has 0 radical (unpaired) electrons. The van der Waals surface area contributed by atoms with Gasteiger partial charge in [0.05, 0.1) is 13.2 Å². The van der Waals surface area contributed by atoms with Gasteiger partial charge in [-0.25, -0.2) is 0 Å². The second-order valence-electron chi connectivity index (χ2n) is 5.19. The zero-order valence-electron chi connectivity index (χ0n) is 11.0. The van der Waals surface area contributed by atoms with E-state index in [1.165, 1.54) is 0 Å². The Bertz CT molecular complexity index is 461. The number of allylic oxidation sites excluding steroid dienone is 2. The lowest BCUT2D eigenvalue weighted by atomic mass is 10.0. The molecule has 1 aliphatic carbocycles. The third-order valence-electron chi connectivity index (χ3n) is 3.91. The third-order valence-corrected chi connectivity index (χ3v) is 3.91. The number of hydrogen-bond acceptors (Lipinski definition) is 2. The number of benzene rings is 1. The van der Waals surface area contributed by atoms with E-state index in [9.17, 15) is 4.79 Å². The molecule has 1 fully saturated rings. The van der Waals surface area contributed by atoms with Crippen LogP contribution in [0.3, 0.4) is 0 Å². The molecular formula is C16H19NO2. The van der Waals surface area contributed by atoms with E-state index in [1.54, 1.807) is 0 Å². The highest BCUT2D eigenvalue weighted by molar-refractivity contribution is 5.79. The Balaban J connectivity index is 1.66. The second kappa shape index (κ2) is 5.57. The van der Waals surface area contributed by atoms with Crippen LogP contribution in [0.15, 0.2) is 42.5 Å². The number of nitrogens with zero attached hydrogens (tertiary/aromatic N) is 1. The van der Waals surface area contributed by atoms with Crippen LogP contribution in [0.5, 0.6) is 0 Å². The third kappa shape index (κ3) is 2.71. The molecule has 1 amide bonds. The van der Waals surface area contributed by atoms with Gasteiger partial charge in [-0.05, 0) is 18.4 Å². The fourth-order valence-electron chi connectivity index (χ4n) is 2.80. The van der Waals surface area contributed by atoms with Crippen molar-refractivity contribution in [1.29, 1.82) is 0 Å². The van der Waals surface area contributed by atoms with Crippen LogP contribution in [0.2, 0.25) is 0 Å². The number of hydrogen-bond donors (Lipinski definition) is 0. The minimum atomic E-state index is 0.0215. The molecule has 2 aliphatic rings. The highest BCUT2D eigenvalue weighted by Crippen LogP contribution is 2.26. The van der Waals surface area contributed by atoms with Crippen molar-refractivity contribution in [2.75, 3.05) is 19.7 Å². The summed E-state index contributed by atoms with van der Waals surface area (Å²) in [6.07, 6.45) is 6.03. The molecule has 3 rings (SSSR count). The van der Waals surface area contributed by atoms with E-state index < -0.39 is 0 Å². The summed E-state index contributed by atoms with van der Waals surface area (Å²) in [5.41, 5.74) is 1.16. The first kappa shape index (κ1) is 12.4. The van der Waals surface area contributed by atoms with Crippen molar-refractivity contribution < 1.29 is 9.53 Å². The summed E-state index contributed by atoms with van der Waals surface area (Å²) in [5.74, 6) is 0.448. The fourth-order valence-corrected chi connectivity index (χ4v) is 2.80. The van der Waals surface area contributed by atoms with Crippen LogP contribution in [0.25, 0.3) is 0 Å². The van der Waals surface area contributed by atoms with Crippen LogP contribution in [-0.2, 0) is 9.53 Å². The molecule has 1 aromatic carbocycles. The van der Waals surface area contributed by atoms with Gasteiger partial charge in [0.2, 0.25) is 5.91 Å². The molecule has 0 aromatic heterocycles. The number of amides is 1. The van der Waals surface area contributed by atoms with Crippen LogP contribution in [-0.4, -0.2) is 30.5 Å². The minimum absolute atomic E-state index is 0.0215. The Morgan fingerprint density at radius 3 is 2.63 bits per heavy atom. The van der Waals surface area contributed by atoms with E-state index >= 15 is 0 Å². The summed E-state index contributed by atoms with van der Waals surface area (Å²) < 4.78 is 5.80. The molecule has 1 heterocycles. The van der Waals surface area contributed by atoms with Gasteiger partial charge in [-0.3, -0.25) is 4.79 Å². The van der Waals surface area contributed by atoms with Gasteiger partial charge in [-0.2, -0.15) is 0 Å². The first-order valence-corrected chi connectivity index (χ1v) is 6.95. The standard InChI is InChI=1S/C16H19NO2/c18-16(14-8-4-5-9-14)17-10-11-19-15(12-17)13-6-2-1-3-7-13/h1-7,14-15H,8-12H2. The summed E-state index contributed by atoms with van der Waals surface area (Å²) in [4.78, 5) is 14.4. The molecule has 0 N–H and O–H groups in total. The number of carbonyl (C=O) groups is 1. The Morgan fingerprint density at radius 2 is 1.89 bits per heavy atom. The average Bonchev–Trinajstić information content (AvgIpc) is 3.02. The van der Waals surface area contributed by atoms with Crippen molar-refractivity contribution >= 4 is 5.91 Å². The van der Waals surface area contributed by atoms with Crippen molar-refractivity contribution in [3.63, 3.8) is 0 Å². The minimum Gasteiger partial charge on any atom is -0.370 e. The van der Waals surface area contributed by atoms with Crippen molar-refractivity contribution in [1.82, 2.24) is 4.90 Å². The zero-order valence-corrected chi connectivity index (χ0v) is 11.0. The maximum Gasteiger partial charge on any atom is 0.226 e. The van der Waals surface area contributed by atoms with Crippen molar-refractivity contribution in [2.24, 2.45) is 5.92 Å². The van der Waals surface area contributed by atoms with Gasteiger partial charge in [0.1, 0.15) is 6.10 Å². The van der Waals surface area contributed by atoms with Gasteiger partial charge in [-0.1, -0.05) is 42.5 Å². The maximum atomic E-state index is 12.4. The molecule has 0 spiro atoms. The maximum absolute atomic E-state index is 12.4. The van der Waals surface area contributed by atoms with Gasteiger partial charge in [0.15, 0.2) is 0 Å². The number of ether oxygens (including phenoxy) is 1. The lowest BCUT2D eigenvalue weighted by Crippen LogP contribution is -2.44. The van der Waals surface area contributed by atoms with Gasteiger partial charge in [0.25, 0.3) is 0 Å². The molecule has 100 valence electrons. The van der Waals surface area contributed by atoms with E-state index in [2.05, 4.69) is 24.3 Å². The van der Waals surface area contributed by atoms with Crippen LogP contribution < -0.4 is 0 Å². The number of morpholine rings is 1. The van der Waals surface area contributed by atoms with Crippen LogP contribution in [0, 0.1) is 5.92 Å². The summed E-state index contributed by atoms with van der Waals surface area (Å²) >= 11 is 0. The molecule has 3 nitrogen and oxygen atoms in total. The van der Waals surface area contributed by atoms with Gasteiger partial charge < -0.3 is 9.64 Å². The summed E-state index contributed by atoms with van der Waals surface area (Å²) in [6, 6.07) is 10.2. The Hall–Kier alpha value is -1.61. The normalized spacial score (nSPS) is 23.8. The molecular weight excluding hydrogens is 238 g/mol. The SMILES string of the molecule is O=C(C1CC=CC1)N1CCOC(c2ccccc2)C1. The molecule has 1 atom stereocenters. The predicted octanol–water partition coefficient (Wildman–Crippen LogP) is 2.55. The highest BCUT2D eigenvalue weighted by Gasteiger charge is 2.29.